The molecular formula is C50H80O14P2. The first-order valence-corrected chi connectivity index (χ1v) is 26.4. The summed E-state index contributed by atoms with van der Waals surface area (Å²) in [6.45, 7) is 1.38. The van der Waals surface area contributed by atoms with E-state index in [4.69, 9.17) is 23.8 Å². The molecule has 0 spiro atoms. The summed E-state index contributed by atoms with van der Waals surface area (Å²) in [5.41, 5.74) is 0. The van der Waals surface area contributed by atoms with Gasteiger partial charge in [-0.05, 0) is 89.9 Å². The Morgan fingerprint density at radius 2 is 1.03 bits per heavy atom. The number of phosphoric acid groups is 2. The fourth-order valence-corrected chi connectivity index (χ4v) is 6.54. The van der Waals surface area contributed by atoms with Gasteiger partial charge >= 0.3 is 27.6 Å². The Balaban J connectivity index is 4.72. The molecule has 0 rings (SSSR count). The Labute approximate surface area is 395 Å². The van der Waals surface area contributed by atoms with Crippen molar-refractivity contribution < 1.29 is 66.7 Å². The summed E-state index contributed by atoms with van der Waals surface area (Å²) in [7, 11) is -9.74. The molecule has 0 saturated heterocycles. The molecule has 66 heavy (non-hydrogen) atoms. The van der Waals surface area contributed by atoms with Crippen molar-refractivity contribution in [1.82, 2.24) is 0 Å². The van der Waals surface area contributed by atoms with Crippen LogP contribution in [-0.2, 0) is 41.8 Å². The second-order valence-corrected chi connectivity index (χ2v) is 17.8. The minimum absolute atomic E-state index is 0.0393. The minimum Gasteiger partial charge on any atom is -0.462 e. The third-order valence-corrected chi connectivity index (χ3v) is 10.4. The molecule has 16 heteroatoms. The predicted molar refractivity (Wildman–Crippen MR) is 263 cm³/mol. The summed E-state index contributed by atoms with van der Waals surface area (Å²) in [4.78, 5) is 52.8. The smallest absolute Gasteiger partial charge is 0.462 e. The summed E-state index contributed by atoms with van der Waals surface area (Å²) in [6.07, 6.45) is 52.4. The van der Waals surface area contributed by atoms with Gasteiger partial charge in [-0.1, -0.05) is 155 Å². The molecular weight excluding hydrogens is 886 g/mol. The van der Waals surface area contributed by atoms with Gasteiger partial charge in [-0.25, -0.2) is 9.13 Å². The van der Waals surface area contributed by atoms with Crippen LogP contribution in [0.2, 0.25) is 0 Å². The lowest BCUT2D eigenvalue weighted by molar-refractivity contribution is -0.161. The Bertz CT molecular complexity index is 1640. The molecule has 0 bridgehead atoms. The first-order chi connectivity index (χ1) is 31.8. The lowest BCUT2D eigenvalue weighted by atomic mass is 10.1. The monoisotopic (exact) mass is 967 g/mol. The zero-order valence-electron chi connectivity index (χ0n) is 39.3. The Kier molecular flexibility index (Phi) is 41.7. The number of carbonyl (C=O) groups excluding carboxylic acids is 2. The van der Waals surface area contributed by atoms with Crippen molar-refractivity contribution in [3.8, 4) is 0 Å². The van der Waals surface area contributed by atoms with Gasteiger partial charge in [0.2, 0.25) is 0 Å². The highest BCUT2D eigenvalue weighted by Gasteiger charge is 2.28. The van der Waals surface area contributed by atoms with Gasteiger partial charge in [0.05, 0.1) is 25.9 Å². The summed E-state index contributed by atoms with van der Waals surface area (Å²) < 4.78 is 47.7. The molecule has 0 fully saturated rings. The Morgan fingerprint density at radius 3 is 1.59 bits per heavy atom. The van der Waals surface area contributed by atoms with Gasteiger partial charge in [0.15, 0.2) is 6.10 Å². The molecule has 0 aliphatic rings. The number of unbranched alkanes of at least 4 members (excludes halogenated alkanes) is 6. The van der Waals surface area contributed by atoms with E-state index >= 15 is 0 Å². The molecule has 0 saturated carbocycles. The van der Waals surface area contributed by atoms with Crippen LogP contribution in [0.3, 0.4) is 0 Å². The van der Waals surface area contributed by atoms with Crippen molar-refractivity contribution in [1.29, 1.82) is 0 Å². The maximum absolute atomic E-state index is 12.7. The molecule has 0 aliphatic heterocycles. The lowest BCUT2D eigenvalue weighted by Crippen LogP contribution is -2.29. The first-order valence-electron chi connectivity index (χ1n) is 23.3. The fourth-order valence-electron chi connectivity index (χ4n) is 5.38. The first kappa shape index (κ1) is 62.5. The van der Waals surface area contributed by atoms with E-state index in [9.17, 15) is 33.8 Å². The van der Waals surface area contributed by atoms with Crippen LogP contribution in [0.15, 0.2) is 122 Å². The van der Waals surface area contributed by atoms with Gasteiger partial charge in [-0.2, -0.15) is 0 Å². The Morgan fingerprint density at radius 1 is 0.515 bits per heavy atom. The number of hydrogen-bond acceptors (Lipinski definition) is 11. The summed E-state index contributed by atoms with van der Waals surface area (Å²) in [5, 5.41) is 19.6. The third kappa shape index (κ3) is 47.0. The number of aliphatic hydroxyl groups excluding tert-OH is 2. The average Bonchev–Trinajstić information content (AvgIpc) is 3.27. The van der Waals surface area contributed by atoms with Crippen LogP contribution in [0.25, 0.3) is 0 Å². The number of phosphoric ester groups is 2. The van der Waals surface area contributed by atoms with E-state index in [0.717, 1.165) is 64.2 Å². The van der Waals surface area contributed by atoms with Gasteiger partial charge in [0.25, 0.3) is 0 Å². The van der Waals surface area contributed by atoms with Crippen molar-refractivity contribution in [2.24, 2.45) is 0 Å². The van der Waals surface area contributed by atoms with Crippen LogP contribution >= 0.6 is 15.6 Å². The molecule has 2 unspecified atom stereocenters. The van der Waals surface area contributed by atoms with Crippen molar-refractivity contribution in [3.05, 3.63) is 122 Å². The number of ether oxygens (including phenoxy) is 2. The number of hydrogen-bond donors (Lipinski definition) is 5. The molecule has 0 aromatic heterocycles. The number of esters is 2. The van der Waals surface area contributed by atoms with E-state index in [0.29, 0.717) is 25.7 Å². The molecule has 0 amide bonds. The van der Waals surface area contributed by atoms with Crippen LogP contribution in [0, 0.1) is 0 Å². The fraction of sp³-hybridized carbons (Fsp3) is 0.560. The van der Waals surface area contributed by atoms with Gasteiger partial charge in [-0.3, -0.25) is 23.2 Å². The summed E-state index contributed by atoms with van der Waals surface area (Å²) in [6, 6.07) is 0. The predicted octanol–water partition coefficient (Wildman–Crippen LogP) is 11.4. The van der Waals surface area contributed by atoms with Crippen LogP contribution < -0.4 is 0 Å². The molecule has 0 aromatic carbocycles. The maximum atomic E-state index is 12.7. The van der Waals surface area contributed by atoms with E-state index < -0.39 is 72.3 Å². The topological polar surface area (TPSA) is 216 Å². The zero-order valence-corrected chi connectivity index (χ0v) is 41.1. The van der Waals surface area contributed by atoms with Gasteiger partial charge in [0.1, 0.15) is 12.7 Å². The van der Waals surface area contributed by atoms with Crippen LogP contribution in [0.1, 0.15) is 136 Å². The van der Waals surface area contributed by atoms with Crippen molar-refractivity contribution in [2.75, 3.05) is 26.4 Å². The SMILES string of the molecule is CC/C=C\CC(O)/C=C/C=C/C/C=C\C/C=C\C/C=C\CCC(=O)OC[C@H](COP(=O)(O)OC[C@@H](O)COP(=O)(O)O)OC(=O)CCCCC/C=C\C/C=C\C/C=C\C/C=C\CCCCC. The van der Waals surface area contributed by atoms with Gasteiger partial charge < -0.3 is 34.4 Å². The maximum Gasteiger partial charge on any atom is 0.472 e. The summed E-state index contributed by atoms with van der Waals surface area (Å²) >= 11 is 0. The van der Waals surface area contributed by atoms with Gasteiger partial charge in [-0.15, -0.1) is 0 Å². The van der Waals surface area contributed by atoms with Crippen LogP contribution in [-0.4, -0.2) is 81.6 Å². The molecule has 0 aliphatic carbocycles. The van der Waals surface area contributed by atoms with Crippen molar-refractivity contribution >= 4 is 27.6 Å². The van der Waals surface area contributed by atoms with E-state index in [2.05, 4.69) is 83.7 Å². The second-order valence-electron chi connectivity index (χ2n) is 15.1. The largest absolute Gasteiger partial charge is 0.472 e. The van der Waals surface area contributed by atoms with Crippen LogP contribution in [0.4, 0.5) is 0 Å². The number of allylic oxidation sites excluding steroid dienone is 18. The van der Waals surface area contributed by atoms with E-state index in [-0.39, 0.29) is 12.8 Å². The molecule has 0 radical (unpaired) electrons. The highest BCUT2D eigenvalue weighted by Crippen LogP contribution is 2.43. The zero-order chi connectivity index (χ0) is 48.8. The number of aliphatic hydroxyl groups is 2. The molecule has 14 nitrogen and oxygen atoms in total. The van der Waals surface area contributed by atoms with E-state index in [1.807, 2.05) is 54.7 Å². The molecule has 5 N–H and O–H groups in total. The standard InChI is InChI=1S/C50H80O14P2/c1-3-5-7-8-9-10-11-12-13-14-15-16-17-20-24-27-30-33-37-41-50(54)64-48(45-63-66(58,59)62-43-47(52)42-61-65(55,56)57)44-60-49(53)40-36-32-29-26-23-21-18-19-22-25-28-31-35-39-46(51)38-34-6-4-2/h6,9-10,12-13,15-16,19-24,28-29,31-32,34-35,39,46-48,51-52H,3-5,7-8,11,14,17-18,25-27,30,33,36-38,40-45H2,1-2H3,(H,58,59)(H2,55,56,57)/b10-9-,13-12-,16-15-,22-19-,23-21-,24-20-,31-28+,32-29-,34-6-,39-35+/t46?,47-,48+/m0/s1. The van der Waals surface area contributed by atoms with E-state index in [1.165, 1.54) is 19.3 Å². The quantitative estimate of drug-likeness (QED) is 0.0127. The third-order valence-electron chi connectivity index (χ3n) is 8.92. The molecule has 0 heterocycles. The number of rotatable bonds is 42. The van der Waals surface area contributed by atoms with E-state index in [1.54, 1.807) is 6.08 Å². The van der Waals surface area contributed by atoms with Crippen molar-refractivity contribution in [2.45, 2.75) is 154 Å². The minimum atomic E-state index is -4.89. The lowest BCUT2D eigenvalue weighted by Gasteiger charge is -2.20. The van der Waals surface area contributed by atoms with Gasteiger partial charge in [0, 0.05) is 12.8 Å². The van der Waals surface area contributed by atoms with Crippen molar-refractivity contribution in [3.63, 3.8) is 0 Å². The average molecular weight is 967 g/mol. The van der Waals surface area contributed by atoms with Crippen LogP contribution in [0.5, 0.6) is 0 Å². The normalized spacial score (nSPS) is 15.4. The number of carbonyl (C=O) groups is 2. The second kappa shape index (κ2) is 44.0. The molecule has 0 aromatic rings. The summed E-state index contributed by atoms with van der Waals surface area (Å²) in [5.74, 6) is -1.20. The Hall–Kier alpha value is -3.52. The molecule has 374 valence electrons. The highest BCUT2D eigenvalue weighted by molar-refractivity contribution is 7.47. The molecule has 4 atom stereocenters. The highest BCUT2D eigenvalue weighted by atomic mass is 31.2.